The smallest absolute Gasteiger partial charge is 0.227 e. The van der Waals surface area contributed by atoms with Gasteiger partial charge in [0, 0.05) is 38.4 Å². The zero-order valence-electron chi connectivity index (χ0n) is 29.7. The van der Waals surface area contributed by atoms with Crippen LogP contribution in [0.1, 0.15) is 25.0 Å². The Kier molecular flexibility index (Phi) is 6.53. The van der Waals surface area contributed by atoms with E-state index in [2.05, 4.69) is 141 Å². The molecule has 0 amide bonds. The summed E-state index contributed by atoms with van der Waals surface area (Å²) in [5.41, 5.74) is 10.4. The molecule has 2 heterocycles. The van der Waals surface area contributed by atoms with Crippen molar-refractivity contribution in [3.63, 3.8) is 0 Å². The fourth-order valence-corrected chi connectivity index (χ4v) is 8.44. The molecule has 254 valence electrons. The Morgan fingerprint density at radius 2 is 1.04 bits per heavy atom. The van der Waals surface area contributed by atoms with Gasteiger partial charge in [0.15, 0.2) is 23.1 Å². The summed E-state index contributed by atoms with van der Waals surface area (Å²) in [7, 11) is 0. The minimum Gasteiger partial charge on any atom is -0.435 e. The predicted molar refractivity (Wildman–Crippen MR) is 219 cm³/mol. The normalized spacial score (nSPS) is 13.1. The highest BCUT2D eigenvalue weighted by molar-refractivity contribution is 6.23. The molecule has 0 aliphatic heterocycles. The molecule has 1 aliphatic rings. The first-order valence-corrected chi connectivity index (χ1v) is 18.3. The van der Waals surface area contributed by atoms with E-state index in [1.54, 1.807) is 0 Å². The molecule has 0 fully saturated rings. The number of oxazole rings is 1. The van der Waals surface area contributed by atoms with Crippen molar-refractivity contribution in [3.8, 4) is 56.7 Å². The minimum absolute atomic E-state index is 0.151. The van der Waals surface area contributed by atoms with Crippen molar-refractivity contribution in [1.29, 1.82) is 0 Å². The molecule has 54 heavy (non-hydrogen) atoms. The Bertz CT molecular complexity index is 3140. The quantitative estimate of drug-likeness (QED) is 0.172. The first kappa shape index (κ1) is 30.6. The molecule has 0 bridgehead atoms. The van der Waals surface area contributed by atoms with E-state index in [1.165, 1.54) is 22.3 Å². The Morgan fingerprint density at radius 3 is 1.89 bits per heavy atom. The fraction of sp³-hybridized carbons (Fsp3) is 0.0612. The van der Waals surface area contributed by atoms with E-state index in [9.17, 15) is 0 Å². The highest BCUT2D eigenvalue weighted by Crippen LogP contribution is 2.49. The third-order valence-corrected chi connectivity index (χ3v) is 11.2. The Labute approximate surface area is 311 Å². The third kappa shape index (κ3) is 4.58. The van der Waals surface area contributed by atoms with Gasteiger partial charge in [0.1, 0.15) is 5.52 Å². The molecule has 10 aromatic rings. The summed E-state index contributed by atoms with van der Waals surface area (Å²) in [6, 6.07) is 55.0. The van der Waals surface area contributed by atoms with Crippen LogP contribution < -0.4 is 0 Å². The molecule has 8 aromatic carbocycles. The molecule has 0 spiro atoms. The molecular formula is C49H32N4O. The molecule has 1 aliphatic carbocycles. The summed E-state index contributed by atoms with van der Waals surface area (Å²) in [4.78, 5) is 20.7. The van der Waals surface area contributed by atoms with Crippen LogP contribution in [-0.2, 0) is 5.41 Å². The van der Waals surface area contributed by atoms with Crippen LogP contribution in [0.2, 0.25) is 0 Å². The zero-order valence-corrected chi connectivity index (χ0v) is 29.7. The van der Waals surface area contributed by atoms with Crippen molar-refractivity contribution in [2.45, 2.75) is 19.3 Å². The first-order chi connectivity index (χ1) is 26.5. The summed E-state index contributed by atoms with van der Waals surface area (Å²) >= 11 is 0. The largest absolute Gasteiger partial charge is 0.435 e. The third-order valence-electron chi connectivity index (χ3n) is 11.2. The van der Waals surface area contributed by atoms with E-state index < -0.39 is 0 Å². The van der Waals surface area contributed by atoms with Crippen molar-refractivity contribution in [3.05, 3.63) is 169 Å². The van der Waals surface area contributed by atoms with Gasteiger partial charge in [-0.25, -0.2) is 19.9 Å². The second-order valence-electron chi connectivity index (χ2n) is 14.6. The summed E-state index contributed by atoms with van der Waals surface area (Å²) in [5.74, 6) is 2.49. The lowest BCUT2D eigenvalue weighted by atomic mass is 9.82. The summed E-state index contributed by atoms with van der Waals surface area (Å²) in [5, 5.41) is 6.42. The van der Waals surface area contributed by atoms with Gasteiger partial charge in [-0.05, 0) is 74.1 Å². The average Bonchev–Trinajstić information content (AvgIpc) is 3.78. The van der Waals surface area contributed by atoms with Gasteiger partial charge >= 0.3 is 0 Å². The fourth-order valence-electron chi connectivity index (χ4n) is 8.44. The van der Waals surface area contributed by atoms with Crippen molar-refractivity contribution in [2.24, 2.45) is 0 Å². The molecule has 0 saturated heterocycles. The van der Waals surface area contributed by atoms with Crippen LogP contribution in [0.15, 0.2) is 162 Å². The Balaban J connectivity index is 1.14. The van der Waals surface area contributed by atoms with E-state index in [0.29, 0.717) is 23.4 Å². The summed E-state index contributed by atoms with van der Waals surface area (Å²) < 4.78 is 6.54. The monoisotopic (exact) mass is 692 g/mol. The van der Waals surface area contributed by atoms with Crippen LogP contribution in [0.25, 0.3) is 100 Å². The van der Waals surface area contributed by atoms with Crippen molar-refractivity contribution in [2.75, 3.05) is 0 Å². The molecule has 0 unspecified atom stereocenters. The average molecular weight is 693 g/mol. The van der Waals surface area contributed by atoms with E-state index >= 15 is 0 Å². The number of aromatic nitrogens is 4. The second kappa shape index (κ2) is 11.5. The zero-order chi connectivity index (χ0) is 36.0. The van der Waals surface area contributed by atoms with Gasteiger partial charge in [-0.3, -0.25) is 0 Å². The molecule has 0 N–H and O–H groups in total. The van der Waals surface area contributed by atoms with Crippen LogP contribution in [0.3, 0.4) is 0 Å². The van der Waals surface area contributed by atoms with Crippen LogP contribution in [0.4, 0.5) is 0 Å². The highest BCUT2D eigenvalue weighted by atomic mass is 16.3. The summed E-state index contributed by atoms with van der Waals surface area (Å²) in [6.07, 6.45) is 0. The van der Waals surface area contributed by atoms with Gasteiger partial charge < -0.3 is 4.42 Å². The predicted octanol–water partition coefficient (Wildman–Crippen LogP) is 12.4. The molecule has 2 aromatic heterocycles. The molecule has 5 nitrogen and oxygen atoms in total. The van der Waals surface area contributed by atoms with Gasteiger partial charge in [-0.15, -0.1) is 0 Å². The number of benzene rings is 8. The van der Waals surface area contributed by atoms with E-state index in [1.807, 2.05) is 30.3 Å². The number of hydrogen-bond donors (Lipinski definition) is 0. The maximum atomic E-state index is 6.54. The van der Waals surface area contributed by atoms with E-state index in [0.717, 1.165) is 65.7 Å². The van der Waals surface area contributed by atoms with Crippen LogP contribution >= 0.6 is 0 Å². The minimum atomic E-state index is -0.151. The van der Waals surface area contributed by atoms with Crippen LogP contribution in [-0.4, -0.2) is 19.9 Å². The van der Waals surface area contributed by atoms with Gasteiger partial charge in [0.25, 0.3) is 0 Å². The standard InChI is InChI=1S/C49H32N4O/c1-49(2)41-22-11-10-19-35(41)36-25-23-32(28-42(36)49)46-51-45(52-47(53-46)39-21-12-16-29-13-6-7-17-33(29)39)31-24-26-38-40(27-31)34-18-8-9-20-37(34)43-44(38)54-48(50-43)30-14-4-3-5-15-30/h3-28H,1-2H3. The SMILES string of the molecule is CC1(C)c2ccccc2-c2ccc(-c3nc(-c4ccc5c(c4)c4ccccc4c4nc(-c6ccccc6)oc54)nc(-c4cccc5ccccc45)n3)cc21. The van der Waals surface area contributed by atoms with Gasteiger partial charge in [0.2, 0.25) is 5.89 Å². The van der Waals surface area contributed by atoms with E-state index in [4.69, 9.17) is 24.4 Å². The van der Waals surface area contributed by atoms with Crippen LogP contribution in [0, 0.1) is 0 Å². The van der Waals surface area contributed by atoms with Gasteiger partial charge in [-0.2, -0.15) is 0 Å². The van der Waals surface area contributed by atoms with Crippen LogP contribution in [0.5, 0.6) is 0 Å². The Morgan fingerprint density at radius 1 is 0.407 bits per heavy atom. The maximum Gasteiger partial charge on any atom is 0.227 e. The Hall–Kier alpha value is -6.98. The topological polar surface area (TPSA) is 64.7 Å². The molecule has 0 saturated carbocycles. The summed E-state index contributed by atoms with van der Waals surface area (Å²) in [6.45, 7) is 4.60. The number of hydrogen-bond acceptors (Lipinski definition) is 5. The number of nitrogens with zero attached hydrogens (tertiary/aromatic N) is 4. The number of rotatable bonds is 4. The molecular weight excluding hydrogens is 661 g/mol. The molecule has 5 heteroatoms. The highest BCUT2D eigenvalue weighted by Gasteiger charge is 2.35. The van der Waals surface area contributed by atoms with E-state index in [-0.39, 0.29) is 5.41 Å². The lowest BCUT2D eigenvalue weighted by Crippen LogP contribution is -2.15. The lowest BCUT2D eigenvalue weighted by Gasteiger charge is -2.21. The molecule has 11 rings (SSSR count). The van der Waals surface area contributed by atoms with Gasteiger partial charge in [0.05, 0.1) is 0 Å². The first-order valence-electron chi connectivity index (χ1n) is 18.3. The maximum absolute atomic E-state index is 6.54. The van der Waals surface area contributed by atoms with Gasteiger partial charge in [-0.1, -0.05) is 141 Å². The molecule has 0 atom stereocenters. The molecule has 0 radical (unpaired) electrons. The van der Waals surface area contributed by atoms with Crippen molar-refractivity contribution < 1.29 is 4.42 Å². The lowest BCUT2D eigenvalue weighted by molar-refractivity contribution is 0.623. The van der Waals surface area contributed by atoms with Crippen molar-refractivity contribution >= 4 is 43.4 Å². The van der Waals surface area contributed by atoms with Crippen molar-refractivity contribution in [1.82, 2.24) is 19.9 Å². The second-order valence-corrected chi connectivity index (χ2v) is 14.6. The number of fused-ring (bicyclic) bond motifs is 10.